The van der Waals surface area contributed by atoms with Crippen molar-refractivity contribution >= 4 is 12.0 Å². The van der Waals surface area contributed by atoms with Gasteiger partial charge in [-0.25, -0.2) is 9.18 Å². The Morgan fingerprint density at radius 2 is 2.28 bits per heavy atom. The Hall–Kier alpha value is -2.43. The molecule has 1 aromatic heterocycles. The van der Waals surface area contributed by atoms with E-state index in [1.54, 1.807) is 29.2 Å². The summed E-state index contributed by atoms with van der Waals surface area (Å²) in [6.07, 6.45) is 5.76. The minimum Gasteiger partial charge on any atom is -0.478 e. The average molecular weight is 246 g/mol. The predicted molar refractivity (Wildman–Crippen MR) is 64.4 cm³/mol. The van der Waals surface area contributed by atoms with Gasteiger partial charge < -0.3 is 5.11 Å². The van der Waals surface area contributed by atoms with Gasteiger partial charge in [-0.2, -0.15) is 5.10 Å². The van der Waals surface area contributed by atoms with Crippen molar-refractivity contribution in [2.24, 2.45) is 0 Å². The number of carbonyl (C=O) groups is 1. The fraction of sp³-hybridized carbons (Fsp3) is 0.0769. The van der Waals surface area contributed by atoms with Gasteiger partial charge in [-0.3, -0.25) is 4.68 Å². The summed E-state index contributed by atoms with van der Waals surface area (Å²) >= 11 is 0. The maximum absolute atomic E-state index is 13.4. The van der Waals surface area contributed by atoms with E-state index in [1.807, 2.05) is 0 Å². The lowest BCUT2D eigenvalue weighted by atomic mass is 10.1. The van der Waals surface area contributed by atoms with Gasteiger partial charge in [0, 0.05) is 18.5 Å². The van der Waals surface area contributed by atoms with Crippen LogP contribution in [0.25, 0.3) is 6.08 Å². The van der Waals surface area contributed by atoms with Crippen molar-refractivity contribution in [3.8, 4) is 0 Å². The first kappa shape index (κ1) is 12.0. The van der Waals surface area contributed by atoms with Gasteiger partial charge in [0.2, 0.25) is 0 Å². The van der Waals surface area contributed by atoms with E-state index in [1.165, 1.54) is 18.2 Å². The lowest BCUT2D eigenvalue weighted by Crippen LogP contribution is -2.00. The van der Waals surface area contributed by atoms with Crippen molar-refractivity contribution in [3.05, 3.63) is 59.7 Å². The average Bonchev–Trinajstić information content (AvgIpc) is 2.78. The van der Waals surface area contributed by atoms with E-state index in [4.69, 9.17) is 5.11 Å². The maximum Gasteiger partial charge on any atom is 0.328 e. The number of aromatic nitrogens is 2. The number of aliphatic carboxylic acids is 1. The first-order chi connectivity index (χ1) is 8.63. The summed E-state index contributed by atoms with van der Waals surface area (Å²) in [5.74, 6) is -1.46. The molecule has 0 saturated heterocycles. The summed E-state index contributed by atoms with van der Waals surface area (Å²) in [4.78, 5) is 10.4. The Kier molecular flexibility index (Phi) is 3.52. The van der Waals surface area contributed by atoms with Crippen molar-refractivity contribution in [1.29, 1.82) is 0 Å². The first-order valence-electron chi connectivity index (χ1n) is 5.31. The van der Waals surface area contributed by atoms with Crippen LogP contribution in [0.15, 0.2) is 42.7 Å². The summed E-state index contributed by atoms with van der Waals surface area (Å²) < 4.78 is 15.0. The monoisotopic (exact) mass is 246 g/mol. The number of rotatable bonds is 4. The molecule has 1 aromatic carbocycles. The Labute approximate surface area is 103 Å². The van der Waals surface area contributed by atoms with E-state index in [0.29, 0.717) is 12.1 Å². The van der Waals surface area contributed by atoms with Crippen molar-refractivity contribution in [2.75, 3.05) is 0 Å². The third-order valence-electron chi connectivity index (χ3n) is 2.30. The molecule has 0 radical (unpaired) electrons. The molecule has 0 atom stereocenters. The normalized spacial score (nSPS) is 10.9. The second kappa shape index (κ2) is 5.27. The summed E-state index contributed by atoms with van der Waals surface area (Å²) in [5, 5.41) is 12.6. The predicted octanol–water partition coefficient (Wildman–Crippen LogP) is 2.17. The van der Waals surface area contributed by atoms with Crippen LogP contribution in [0.3, 0.4) is 0 Å². The van der Waals surface area contributed by atoms with Crippen molar-refractivity contribution in [2.45, 2.75) is 6.54 Å². The molecule has 92 valence electrons. The molecule has 0 fully saturated rings. The number of halogens is 1. The lowest BCUT2D eigenvalue weighted by molar-refractivity contribution is -0.131. The third-order valence-corrected chi connectivity index (χ3v) is 2.30. The quantitative estimate of drug-likeness (QED) is 0.841. The van der Waals surface area contributed by atoms with Gasteiger partial charge in [0.15, 0.2) is 0 Å². The fourth-order valence-electron chi connectivity index (χ4n) is 1.61. The van der Waals surface area contributed by atoms with Gasteiger partial charge in [-0.15, -0.1) is 0 Å². The Balaban J connectivity index is 2.23. The van der Waals surface area contributed by atoms with Crippen LogP contribution in [0.2, 0.25) is 0 Å². The van der Waals surface area contributed by atoms with Gasteiger partial charge >= 0.3 is 5.97 Å². The molecule has 0 aliphatic heterocycles. The van der Waals surface area contributed by atoms with E-state index in [-0.39, 0.29) is 0 Å². The van der Waals surface area contributed by atoms with Crippen molar-refractivity contribution in [3.63, 3.8) is 0 Å². The van der Waals surface area contributed by atoms with Crippen molar-refractivity contribution in [1.82, 2.24) is 9.78 Å². The number of nitrogens with zero attached hydrogens (tertiary/aromatic N) is 2. The molecule has 0 bridgehead atoms. The number of carboxylic acids is 1. The molecule has 1 heterocycles. The van der Waals surface area contributed by atoms with E-state index >= 15 is 0 Å². The van der Waals surface area contributed by atoms with Crippen LogP contribution in [-0.4, -0.2) is 20.9 Å². The minimum atomic E-state index is -1.06. The second-order valence-corrected chi connectivity index (χ2v) is 3.77. The Morgan fingerprint density at radius 3 is 2.94 bits per heavy atom. The minimum absolute atomic E-state index is 0.398. The molecule has 18 heavy (non-hydrogen) atoms. The lowest BCUT2D eigenvalue weighted by Gasteiger charge is -2.04. The number of carboxylic acid groups (broad SMARTS) is 1. The van der Waals surface area contributed by atoms with Crippen molar-refractivity contribution < 1.29 is 14.3 Å². The third kappa shape index (κ3) is 3.28. The number of benzene rings is 1. The van der Waals surface area contributed by atoms with E-state index in [0.717, 1.165) is 11.6 Å². The molecule has 0 spiro atoms. The number of hydrogen-bond donors (Lipinski definition) is 1. The summed E-state index contributed by atoms with van der Waals surface area (Å²) in [6.45, 7) is 0.443. The molecular weight excluding hydrogens is 235 g/mol. The largest absolute Gasteiger partial charge is 0.478 e. The zero-order chi connectivity index (χ0) is 13.0. The molecule has 0 saturated carbocycles. The van der Waals surface area contributed by atoms with E-state index < -0.39 is 11.8 Å². The molecular formula is C13H11FN2O2. The summed E-state index contributed by atoms with van der Waals surface area (Å²) in [7, 11) is 0. The van der Waals surface area contributed by atoms with Crippen LogP contribution in [0.1, 0.15) is 11.1 Å². The van der Waals surface area contributed by atoms with Gasteiger partial charge in [-0.1, -0.05) is 0 Å². The maximum atomic E-state index is 13.4. The van der Waals surface area contributed by atoms with Crippen LogP contribution in [-0.2, 0) is 11.3 Å². The molecule has 4 nitrogen and oxygen atoms in total. The highest BCUT2D eigenvalue weighted by Gasteiger charge is 2.01. The van der Waals surface area contributed by atoms with Crippen LogP contribution >= 0.6 is 0 Å². The van der Waals surface area contributed by atoms with E-state index in [2.05, 4.69) is 5.10 Å². The molecule has 1 N–H and O–H groups in total. The Morgan fingerprint density at radius 1 is 1.44 bits per heavy atom. The Bertz CT molecular complexity index is 577. The highest BCUT2D eigenvalue weighted by atomic mass is 19.1. The summed E-state index contributed by atoms with van der Waals surface area (Å²) in [6, 6.07) is 6.19. The van der Waals surface area contributed by atoms with Crippen LogP contribution in [0, 0.1) is 5.82 Å². The second-order valence-electron chi connectivity index (χ2n) is 3.77. The van der Waals surface area contributed by atoms with Crippen LogP contribution < -0.4 is 0 Å². The zero-order valence-corrected chi connectivity index (χ0v) is 9.45. The van der Waals surface area contributed by atoms with Gasteiger partial charge in [0.25, 0.3) is 0 Å². The molecule has 2 rings (SSSR count). The topological polar surface area (TPSA) is 55.1 Å². The molecule has 0 aliphatic carbocycles. The summed E-state index contributed by atoms with van der Waals surface area (Å²) in [5.41, 5.74) is 1.24. The van der Waals surface area contributed by atoms with Gasteiger partial charge in [0.1, 0.15) is 5.82 Å². The highest BCUT2D eigenvalue weighted by molar-refractivity contribution is 5.85. The molecule has 2 aromatic rings. The van der Waals surface area contributed by atoms with Gasteiger partial charge in [0.05, 0.1) is 6.54 Å². The highest BCUT2D eigenvalue weighted by Crippen LogP contribution is 2.12. The molecule has 0 amide bonds. The smallest absolute Gasteiger partial charge is 0.328 e. The standard InChI is InChI=1S/C13H11FN2O2/c14-12-7-10(2-3-13(17)18)6-11(8-12)9-16-5-1-4-15-16/h1-8H,9H2,(H,17,18). The number of hydrogen-bond acceptors (Lipinski definition) is 2. The molecule has 0 unspecified atom stereocenters. The fourth-order valence-corrected chi connectivity index (χ4v) is 1.61. The molecule has 0 aliphatic rings. The van der Waals surface area contributed by atoms with Crippen LogP contribution in [0.4, 0.5) is 4.39 Å². The SMILES string of the molecule is O=C(O)C=Cc1cc(F)cc(Cn2cccn2)c1. The van der Waals surface area contributed by atoms with E-state index in [9.17, 15) is 9.18 Å². The van der Waals surface area contributed by atoms with Gasteiger partial charge in [-0.05, 0) is 41.5 Å². The zero-order valence-electron chi connectivity index (χ0n) is 9.45. The molecule has 5 heteroatoms. The first-order valence-corrected chi connectivity index (χ1v) is 5.31. The van der Waals surface area contributed by atoms with Crippen LogP contribution in [0.5, 0.6) is 0 Å².